The minimum Gasteiger partial charge on any atom is -0.497 e. The van der Waals surface area contributed by atoms with Crippen molar-refractivity contribution < 1.29 is 22.7 Å². The molecule has 1 aliphatic rings. The molecule has 178 valence electrons. The molecule has 1 atom stereocenters. The Bertz CT molecular complexity index is 831. The molecule has 7 nitrogen and oxygen atoms in total. The molecule has 0 spiro atoms. The number of nitrogens with one attached hydrogen (secondary N) is 2. The highest BCUT2D eigenvalue weighted by Crippen LogP contribution is 2.27. The standard InChI is InChI=1S/C22H30F2N4O3.HI/c1-3-25-22(26-14-16-13-17(29-2)8-9-19(16)31-21(23)24)27-15-18(20-7-6-12-30-20)28-10-4-5-11-28;/h6-9,12-13,18,21H,3-5,10-11,14-15H2,1-2H3,(H2,25,26,27);1H. The summed E-state index contributed by atoms with van der Waals surface area (Å²) in [6.45, 7) is 2.55. The Hall–Kier alpha value is -2.08. The molecular formula is C22H31F2IN4O3. The third-order valence-electron chi connectivity index (χ3n) is 5.15. The van der Waals surface area contributed by atoms with Crippen molar-refractivity contribution >= 4 is 29.9 Å². The van der Waals surface area contributed by atoms with E-state index in [9.17, 15) is 8.78 Å². The van der Waals surface area contributed by atoms with Crippen LogP contribution in [0.5, 0.6) is 11.5 Å². The Morgan fingerprint density at radius 3 is 2.62 bits per heavy atom. The van der Waals surface area contributed by atoms with Crippen LogP contribution in [0.25, 0.3) is 0 Å². The van der Waals surface area contributed by atoms with Crippen molar-refractivity contribution in [2.24, 2.45) is 4.99 Å². The van der Waals surface area contributed by atoms with Crippen LogP contribution in [0.15, 0.2) is 46.0 Å². The predicted octanol–water partition coefficient (Wildman–Crippen LogP) is 4.40. The molecule has 0 radical (unpaired) electrons. The molecule has 0 saturated carbocycles. The summed E-state index contributed by atoms with van der Waals surface area (Å²) in [5.41, 5.74) is 0.513. The Morgan fingerprint density at radius 2 is 2.00 bits per heavy atom. The lowest BCUT2D eigenvalue weighted by atomic mass is 10.2. The second-order valence-electron chi connectivity index (χ2n) is 7.20. The van der Waals surface area contributed by atoms with E-state index in [2.05, 4.69) is 25.3 Å². The Kier molecular flexibility index (Phi) is 11.0. The number of furan rings is 1. The van der Waals surface area contributed by atoms with Gasteiger partial charge in [-0.25, -0.2) is 4.99 Å². The van der Waals surface area contributed by atoms with Crippen LogP contribution in [0.1, 0.15) is 37.1 Å². The molecule has 2 heterocycles. The van der Waals surface area contributed by atoms with Crippen LogP contribution in [0, 0.1) is 0 Å². The first-order chi connectivity index (χ1) is 15.1. The third kappa shape index (κ3) is 7.51. The maximum absolute atomic E-state index is 12.8. The summed E-state index contributed by atoms with van der Waals surface area (Å²) in [5, 5.41) is 6.56. The van der Waals surface area contributed by atoms with Gasteiger partial charge in [0.2, 0.25) is 0 Å². The van der Waals surface area contributed by atoms with E-state index in [1.165, 1.54) is 26.0 Å². The predicted molar refractivity (Wildman–Crippen MR) is 130 cm³/mol. The lowest BCUT2D eigenvalue weighted by Crippen LogP contribution is -2.42. The zero-order chi connectivity index (χ0) is 22.1. The zero-order valence-electron chi connectivity index (χ0n) is 18.4. The van der Waals surface area contributed by atoms with E-state index in [1.807, 2.05) is 19.1 Å². The number of aliphatic imine (C=N–C) groups is 1. The van der Waals surface area contributed by atoms with Gasteiger partial charge in [-0.05, 0) is 63.2 Å². The molecule has 1 aromatic carbocycles. The summed E-state index contributed by atoms with van der Waals surface area (Å²) < 4.78 is 41.0. The summed E-state index contributed by atoms with van der Waals surface area (Å²) in [7, 11) is 1.52. The van der Waals surface area contributed by atoms with Crippen molar-refractivity contribution in [3.05, 3.63) is 47.9 Å². The van der Waals surface area contributed by atoms with Gasteiger partial charge in [-0.3, -0.25) is 4.90 Å². The molecular weight excluding hydrogens is 533 g/mol. The van der Waals surface area contributed by atoms with Gasteiger partial charge < -0.3 is 24.5 Å². The maximum atomic E-state index is 12.8. The van der Waals surface area contributed by atoms with Crippen LogP contribution in [0.2, 0.25) is 0 Å². The molecule has 10 heteroatoms. The van der Waals surface area contributed by atoms with Crippen LogP contribution in [-0.4, -0.2) is 50.8 Å². The van der Waals surface area contributed by atoms with Gasteiger partial charge >= 0.3 is 6.61 Å². The summed E-state index contributed by atoms with van der Waals surface area (Å²) in [5.74, 6) is 2.13. The van der Waals surface area contributed by atoms with Gasteiger partial charge in [-0.1, -0.05) is 0 Å². The summed E-state index contributed by atoms with van der Waals surface area (Å²) in [6.07, 6.45) is 4.03. The summed E-state index contributed by atoms with van der Waals surface area (Å²) in [4.78, 5) is 6.97. The molecule has 0 bridgehead atoms. The van der Waals surface area contributed by atoms with Gasteiger partial charge in [-0.2, -0.15) is 8.78 Å². The van der Waals surface area contributed by atoms with E-state index in [1.54, 1.807) is 18.4 Å². The van der Waals surface area contributed by atoms with Gasteiger partial charge in [0.25, 0.3) is 0 Å². The zero-order valence-corrected chi connectivity index (χ0v) is 20.7. The Labute approximate surface area is 204 Å². The van der Waals surface area contributed by atoms with E-state index < -0.39 is 6.61 Å². The van der Waals surface area contributed by atoms with Crippen LogP contribution in [-0.2, 0) is 6.54 Å². The number of halogens is 3. The molecule has 1 saturated heterocycles. The fraction of sp³-hybridized carbons (Fsp3) is 0.500. The number of hydrogen-bond donors (Lipinski definition) is 2. The minimum atomic E-state index is -2.91. The largest absolute Gasteiger partial charge is 0.497 e. The SMILES string of the molecule is CCNC(=NCc1cc(OC)ccc1OC(F)F)NCC(c1ccco1)N1CCCC1.I. The van der Waals surface area contributed by atoms with Crippen LogP contribution < -0.4 is 20.1 Å². The first kappa shape index (κ1) is 26.2. The lowest BCUT2D eigenvalue weighted by Gasteiger charge is -2.26. The van der Waals surface area contributed by atoms with Gasteiger partial charge in [0.05, 0.1) is 26.0 Å². The highest BCUT2D eigenvalue weighted by molar-refractivity contribution is 14.0. The van der Waals surface area contributed by atoms with Crippen molar-refractivity contribution in [1.82, 2.24) is 15.5 Å². The number of benzene rings is 1. The van der Waals surface area contributed by atoms with Crippen LogP contribution in [0.4, 0.5) is 8.78 Å². The molecule has 2 N–H and O–H groups in total. The molecule has 1 aromatic heterocycles. The summed E-state index contributed by atoms with van der Waals surface area (Å²) >= 11 is 0. The van der Waals surface area contributed by atoms with E-state index >= 15 is 0 Å². The fourth-order valence-electron chi connectivity index (χ4n) is 3.66. The first-order valence-corrected chi connectivity index (χ1v) is 10.5. The van der Waals surface area contributed by atoms with Gasteiger partial charge in [0.15, 0.2) is 5.96 Å². The van der Waals surface area contributed by atoms with Crippen molar-refractivity contribution in [2.75, 3.05) is 33.3 Å². The molecule has 1 unspecified atom stereocenters. The number of nitrogens with zero attached hydrogens (tertiary/aromatic N) is 2. The fourth-order valence-corrected chi connectivity index (χ4v) is 3.66. The number of guanidine groups is 1. The normalized spacial score (nSPS) is 15.3. The number of rotatable bonds is 10. The second-order valence-corrected chi connectivity index (χ2v) is 7.20. The van der Waals surface area contributed by atoms with E-state index in [4.69, 9.17) is 9.15 Å². The van der Waals surface area contributed by atoms with E-state index in [0.717, 1.165) is 18.8 Å². The van der Waals surface area contributed by atoms with Crippen molar-refractivity contribution in [2.45, 2.75) is 39.0 Å². The van der Waals surface area contributed by atoms with Crippen LogP contribution >= 0.6 is 24.0 Å². The average Bonchev–Trinajstić information content (AvgIpc) is 3.47. The highest BCUT2D eigenvalue weighted by atomic mass is 127. The molecule has 3 rings (SSSR count). The minimum absolute atomic E-state index is 0. The quantitative estimate of drug-likeness (QED) is 0.254. The lowest BCUT2D eigenvalue weighted by molar-refractivity contribution is -0.0504. The van der Waals surface area contributed by atoms with Gasteiger partial charge in [-0.15, -0.1) is 24.0 Å². The Morgan fingerprint density at radius 1 is 1.22 bits per heavy atom. The number of ether oxygens (including phenoxy) is 2. The topological polar surface area (TPSA) is 71.3 Å². The number of methoxy groups -OCH3 is 1. The molecule has 0 amide bonds. The molecule has 0 aliphatic carbocycles. The van der Waals surface area contributed by atoms with Crippen molar-refractivity contribution in [3.8, 4) is 11.5 Å². The number of hydrogen-bond acceptors (Lipinski definition) is 5. The second kappa shape index (κ2) is 13.5. The number of alkyl halides is 2. The van der Waals surface area contributed by atoms with Gasteiger partial charge in [0.1, 0.15) is 17.3 Å². The van der Waals surface area contributed by atoms with Crippen LogP contribution in [0.3, 0.4) is 0 Å². The molecule has 2 aromatic rings. The highest BCUT2D eigenvalue weighted by Gasteiger charge is 2.25. The summed E-state index contributed by atoms with van der Waals surface area (Å²) in [6, 6.07) is 8.68. The van der Waals surface area contributed by atoms with Crippen molar-refractivity contribution in [1.29, 1.82) is 0 Å². The van der Waals surface area contributed by atoms with Gasteiger partial charge in [0, 0.05) is 18.7 Å². The monoisotopic (exact) mass is 564 g/mol. The average molecular weight is 564 g/mol. The van der Waals surface area contributed by atoms with E-state index in [0.29, 0.717) is 30.4 Å². The first-order valence-electron chi connectivity index (χ1n) is 10.5. The molecule has 1 aliphatic heterocycles. The third-order valence-corrected chi connectivity index (χ3v) is 5.15. The smallest absolute Gasteiger partial charge is 0.387 e. The maximum Gasteiger partial charge on any atom is 0.387 e. The van der Waals surface area contributed by atoms with E-state index in [-0.39, 0.29) is 42.3 Å². The Balaban J connectivity index is 0.00000363. The molecule has 1 fully saturated rings. The molecule has 32 heavy (non-hydrogen) atoms. The van der Waals surface area contributed by atoms with Crippen molar-refractivity contribution in [3.63, 3.8) is 0 Å². The number of likely N-dealkylation sites (tertiary alicyclic amines) is 1.